The average molecular weight is 257 g/mol. The third kappa shape index (κ3) is 1.90. The molecule has 2 nitrogen and oxygen atoms in total. The van der Waals surface area contributed by atoms with Gasteiger partial charge in [-0.15, -0.1) is 0 Å². The summed E-state index contributed by atoms with van der Waals surface area (Å²) in [5, 5.41) is 0. The van der Waals surface area contributed by atoms with Crippen LogP contribution in [0.15, 0.2) is 36.4 Å². The average Bonchev–Trinajstić information content (AvgIpc) is 2.44. The SMILES string of the molecule is C=C1C2CCCC1(c1cccc(OC)c1)CCN2C. The maximum absolute atomic E-state index is 5.40. The Labute approximate surface area is 116 Å². The van der Waals surface area contributed by atoms with Crippen molar-refractivity contribution in [3.63, 3.8) is 0 Å². The first-order valence-corrected chi connectivity index (χ1v) is 7.21. The molecule has 2 unspecified atom stereocenters. The Bertz CT molecular complexity index is 496. The lowest BCUT2D eigenvalue weighted by molar-refractivity contribution is 0.136. The first-order chi connectivity index (χ1) is 9.17. The van der Waals surface area contributed by atoms with Crippen molar-refractivity contribution in [1.29, 1.82) is 0 Å². The molecule has 2 fully saturated rings. The topological polar surface area (TPSA) is 12.5 Å². The van der Waals surface area contributed by atoms with Crippen LogP contribution in [-0.2, 0) is 5.41 Å². The molecule has 102 valence electrons. The zero-order chi connectivity index (χ0) is 13.5. The number of likely N-dealkylation sites (tertiary alicyclic amines) is 1. The summed E-state index contributed by atoms with van der Waals surface area (Å²) in [6, 6.07) is 9.16. The van der Waals surface area contributed by atoms with Gasteiger partial charge in [-0.25, -0.2) is 0 Å². The van der Waals surface area contributed by atoms with E-state index in [4.69, 9.17) is 4.74 Å². The monoisotopic (exact) mass is 257 g/mol. The Balaban J connectivity index is 2.03. The molecule has 1 heterocycles. The van der Waals surface area contributed by atoms with Gasteiger partial charge in [0, 0.05) is 11.5 Å². The van der Waals surface area contributed by atoms with Crippen LogP contribution in [-0.4, -0.2) is 31.6 Å². The Morgan fingerprint density at radius 3 is 3.00 bits per heavy atom. The minimum absolute atomic E-state index is 0.184. The van der Waals surface area contributed by atoms with Crippen LogP contribution in [0.25, 0.3) is 0 Å². The Morgan fingerprint density at radius 1 is 1.37 bits per heavy atom. The fourth-order valence-electron chi connectivity index (χ4n) is 3.94. The molecule has 3 rings (SSSR count). The molecule has 0 amide bonds. The van der Waals surface area contributed by atoms with E-state index in [0.29, 0.717) is 6.04 Å². The molecule has 1 saturated heterocycles. The summed E-state index contributed by atoms with van der Waals surface area (Å²) in [5.41, 5.74) is 3.00. The number of methoxy groups -OCH3 is 1. The van der Waals surface area contributed by atoms with Crippen molar-refractivity contribution in [3.05, 3.63) is 42.0 Å². The Hall–Kier alpha value is -1.28. The first kappa shape index (κ1) is 12.7. The van der Waals surface area contributed by atoms with Crippen molar-refractivity contribution >= 4 is 0 Å². The molecule has 0 spiro atoms. The number of rotatable bonds is 2. The van der Waals surface area contributed by atoms with Crippen LogP contribution in [0.3, 0.4) is 0 Å². The van der Waals surface area contributed by atoms with Gasteiger partial charge >= 0.3 is 0 Å². The Morgan fingerprint density at radius 2 is 2.21 bits per heavy atom. The quantitative estimate of drug-likeness (QED) is 0.753. The van der Waals surface area contributed by atoms with Crippen LogP contribution in [0.2, 0.25) is 0 Å². The molecule has 2 atom stereocenters. The molecule has 1 aromatic rings. The van der Waals surface area contributed by atoms with Crippen LogP contribution in [0.5, 0.6) is 5.75 Å². The maximum atomic E-state index is 5.40. The van der Waals surface area contributed by atoms with E-state index in [1.54, 1.807) is 7.11 Å². The van der Waals surface area contributed by atoms with E-state index >= 15 is 0 Å². The highest BCUT2D eigenvalue weighted by Gasteiger charge is 2.45. The summed E-state index contributed by atoms with van der Waals surface area (Å²) in [6.45, 7) is 5.64. The molecule has 0 radical (unpaired) electrons. The molecule has 0 aromatic heterocycles. The highest BCUT2D eigenvalue weighted by atomic mass is 16.5. The third-order valence-electron chi connectivity index (χ3n) is 5.14. The summed E-state index contributed by atoms with van der Waals surface area (Å²) >= 11 is 0. The van der Waals surface area contributed by atoms with Crippen LogP contribution in [0.1, 0.15) is 31.2 Å². The van der Waals surface area contributed by atoms with Crippen molar-refractivity contribution in [3.8, 4) is 5.75 Å². The molecule has 1 saturated carbocycles. The Kier molecular flexibility index (Phi) is 3.14. The highest BCUT2D eigenvalue weighted by molar-refractivity contribution is 5.43. The molecule has 1 aliphatic heterocycles. The number of likely N-dealkylation sites (N-methyl/N-ethyl adjacent to an activating group) is 1. The summed E-state index contributed by atoms with van der Waals surface area (Å²) in [5.74, 6) is 0.959. The number of piperidine rings is 1. The molecule has 2 heteroatoms. The van der Waals surface area contributed by atoms with Gasteiger partial charge in [0.2, 0.25) is 0 Å². The van der Waals surface area contributed by atoms with Gasteiger partial charge in [-0.3, -0.25) is 4.90 Å². The van der Waals surface area contributed by atoms with E-state index in [9.17, 15) is 0 Å². The van der Waals surface area contributed by atoms with Crippen molar-refractivity contribution in [1.82, 2.24) is 4.90 Å². The zero-order valence-corrected chi connectivity index (χ0v) is 12.0. The molecular formula is C17H23NO. The molecular weight excluding hydrogens is 234 g/mol. The van der Waals surface area contributed by atoms with Crippen molar-refractivity contribution in [2.24, 2.45) is 0 Å². The minimum Gasteiger partial charge on any atom is -0.497 e. The number of hydrogen-bond donors (Lipinski definition) is 0. The second kappa shape index (κ2) is 4.68. The van der Waals surface area contributed by atoms with E-state index in [2.05, 4.69) is 36.7 Å². The maximum Gasteiger partial charge on any atom is 0.119 e. The van der Waals surface area contributed by atoms with E-state index in [1.807, 2.05) is 6.07 Å². The smallest absolute Gasteiger partial charge is 0.119 e. The predicted octanol–water partition coefficient (Wildman–Crippen LogP) is 3.38. The molecule has 1 aliphatic carbocycles. The van der Waals surface area contributed by atoms with Gasteiger partial charge in [0.25, 0.3) is 0 Å². The molecule has 1 aromatic carbocycles. The van der Waals surface area contributed by atoms with Gasteiger partial charge in [-0.05, 0) is 56.1 Å². The summed E-state index contributed by atoms with van der Waals surface area (Å²) in [6.07, 6.45) is 4.99. The number of nitrogens with zero attached hydrogens (tertiary/aromatic N) is 1. The van der Waals surface area contributed by atoms with Crippen LogP contribution in [0.4, 0.5) is 0 Å². The zero-order valence-electron chi connectivity index (χ0n) is 12.0. The predicted molar refractivity (Wildman–Crippen MR) is 78.7 cm³/mol. The first-order valence-electron chi connectivity index (χ1n) is 7.21. The van der Waals surface area contributed by atoms with Crippen LogP contribution >= 0.6 is 0 Å². The molecule has 19 heavy (non-hydrogen) atoms. The summed E-state index contributed by atoms with van der Waals surface area (Å²) in [4.78, 5) is 2.47. The molecule has 2 aliphatic rings. The summed E-state index contributed by atoms with van der Waals surface area (Å²) in [7, 11) is 3.97. The fraction of sp³-hybridized carbons (Fsp3) is 0.529. The standard InChI is InChI=1S/C17H23NO/c1-13-16-8-5-9-17(13,10-11-18(16)2)14-6-4-7-15(12-14)19-3/h4,6-7,12,16H,1,5,8-11H2,2-3H3. The van der Waals surface area contributed by atoms with Crippen molar-refractivity contribution < 1.29 is 4.74 Å². The van der Waals surface area contributed by atoms with E-state index in [-0.39, 0.29) is 5.41 Å². The lowest BCUT2D eigenvalue weighted by Gasteiger charge is -2.51. The lowest BCUT2D eigenvalue weighted by atomic mass is 9.61. The van der Waals surface area contributed by atoms with Gasteiger partial charge in [0.05, 0.1) is 7.11 Å². The van der Waals surface area contributed by atoms with Gasteiger partial charge in [-0.1, -0.05) is 25.1 Å². The third-order valence-corrected chi connectivity index (χ3v) is 5.14. The number of benzene rings is 1. The summed E-state index contributed by atoms with van der Waals surface area (Å²) < 4.78 is 5.40. The van der Waals surface area contributed by atoms with E-state index in [1.165, 1.54) is 43.4 Å². The van der Waals surface area contributed by atoms with Gasteiger partial charge in [-0.2, -0.15) is 0 Å². The van der Waals surface area contributed by atoms with Crippen LogP contribution < -0.4 is 4.74 Å². The van der Waals surface area contributed by atoms with Crippen molar-refractivity contribution in [2.45, 2.75) is 37.1 Å². The minimum atomic E-state index is 0.184. The van der Waals surface area contributed by atoms with E-state index < -0.39 is 0 Å². The normalized spacial score (nSPS) is 31.3. The highest BCUT2D eigenvalue weighted by Crippen LogP contribution is 2.49. The fourth-order valence-corrected chi connectivity index (χ4v) is 3.94. The number of hydrogen-bond acceptors (Lipinski definition) is 2. The lowest BCUT2D eigenvalue weighted by Crippen LogP contribution is -2.51. The number of fused-ring (bicyclic) bond motifs is 2. The van der Waals surface area contributed by atoms with Gasteiger partial charge in [0.15, 0.2) is 0 Å². The van der Waals surface area contributed by atoms with Crippen LogP contribution in [0, 0.1) is 0 Å². The van der Waals surface area contributed by atoms with E-state index in [0.717, 1.165) is 5.75 Å². The molecule has 2 bridgehead atoms. The number of ether oxygens (including phenoxy) is 1. The largest absolute Gasteiger partial charge is 0.497 e. The van der Waals surface area contributed by atoms with Crippen molar-refractivity contribution in [2.75, 3.05) is 20.7 Å². The second-order valence-corrected chi connectivity index (χ2v) is 5.98. The molecule has 0 N–H and O–H groups in total. The van der Waals surface area contributed by atoms with Gasteiger partial charge < -0.3 is 4.74 Å². The second-order valence-electron chi connectivity index (χ2n) is 5.98. The van der Waals surface area contributed by atoms with Gasteiger partial charge in [0.1, 0.15) is 5.75 Å².